The fourth-order valence-electron chi connectivity index (χ4n) is 2.50. The average Bonchev–Trinajstić information content (AvgIpc) is 3.07. The van der Waals surface area contributed by atoms with Crippen molar-refractivity contribution in [1.29, 1.82) is 0 Å². The molecule has 0 radical (unpaired) electrons. The van der Waals surface area contributed by atoms with Gasteiger partial charge < -0.3 is 15.5 Å². The minimum Gasteiger partial charge on any atom is -0.370 e. The van der Waals surface area contributed by atoms with Crippen molar-refractivity contribution in [3.8, 4) is 0 Å². The Morgan fingerprint density at radius 1 is 1.13 bits per heavy atom. The van der Waals surface area contributed by atoms with Crippen LogP contribution >= 0.6 is 46.9 Å². The van der Waals surface area contributed by atoms with E-state index < -0.39 is 0 Å². The van der Waals surface area contributed by atoms with Gasteiger partial charge in [-0.15, -0.1) is 24.0 Å². The number of rotatable bonds is 3. The lowest BCUT2D eigenvalue weighted by Crippen LogP contribution is -2.51. The van der Waals surface area contributed by atoms with Crippen molar-refractivity contribution in [2.24, 2.45) is 10.7 Å². The van der Waals surface area contributed by atoms with Gasteiger partial charge in [0.25, 0.3) is 0 Å². The van der Waals surface area contributed by atoms with E-state index in [0.717, 1.165) is 31.2 Å². The van der Waals surface area contributed by atoms with Gasteiger partial charge in [0, 0.05) is 36.9 Å². The summed E-state index contributed by atoms with van der Waals surface area (Å²) in [4.78, 5) is 8.99. The molecular weight excluding hydrogens is 443 g/mol. The summed E-state index contributed by atoms with van der Waals surface area (Å²) in [6, 6.07) is 10.1. The second kappa shape index (κ2) is 8.75. The van der Waals surface area contributed by atoms with Crippen LogP contribution < -0.4 is 10.6 Å². The summed E-state index contributed by atoms with van der Waals surface area (Å²) in [5.74, 6) is 0.641. The molecule has 2 heterocycles. The van der Waals surface area contributed by atoms with Gasteiger partial charge >= 0.3 is 0 Å². The molecule has 1 aromatic carbocycles. The minimum atomic E-state index is 0. The molecule has 7 heteroatoms. The van der Waals surface area contributed by atoms with E-state index in [1.807, 2.05) is 12.1 Å². The fraction of sp³-hybridized carbons (Fsp3) is 0.312. The van der Waals surface area contributed by atoms with Crippen molar-refractivity contribution >= 4 is 58.6 Å². The van der Waals surface area contributed by atoms with Crippen LogP contribution in [0.2, 0.25) is 5.02 Å². The zero-order chi connectivity index (χ0) is 15.4. The molecule has 0 amide bonds. The Labute approximate surface area is 163 Å². The number of halogens is 2. The van der Waals surface area contributed by atoms with E-state index in [9.17, 15) is 0 Å². The molecule has 23 heavy (non-hydrogen) atoms. The van der Waals surface area contributed by atoms with Crippen LogP contribution in [-0.2, 0) is 6.54 Å². The normalized spacial score (nSPS) is 15.4. The van der Waals surface area contributed by atoms with Crippen molar-refractivity contribution in [2.45, 2.75) is 6.54 Å². The third-order valence-electron chi connectivity index (χ3n) is 3.80. The summed E-state index contributed by atoms with van der Waals surface area (Å²) in [6.07, 6.45) is 0. The maximum Gasteiger partial charge on any atom is 0.191 e. The van der Waals surface area contributed by atoms with Crippen LogP contribution in [0.4, 0.5) is 5.69 Å². The highest BCUT2D eigenvalue weighted by atomic mass is 127. The number of guanidine groups is 1. The summed E-state index contributed by atoms with van der Waals surface area (Å²) < 4.78 is 0. The first-order valence-corrected chi connectivity index (χ1v) is 8.61. The van der Waals surface area contributed by atoms with E-state index in [1.165, 1.54) is 11.3 Å². The summed E-state index contributed by atoms with van der Waals surface area (Å²) >= 11 is 7.62. The molecule has 124 valence electrons. The van der Waals surface area contributed by atoms with E-state index in [2.05, 4.69) is 43.8 Å². The summed E-state index contributed by atoms with van der Waals surface area (Å²) in [7, 11) is 0. The monoisotopic (exact) mass is 462 g/mol. The van der Waals surface area contributed by atoms with Gasteiger partial charge in [0.05, 0.1) is 6.54 Å². The molecule has 2 aromatic rings. The second-order valence-corrected chi connectivity index (χ2v) is 6.47. The largest absolute Gasteiger partial charge is 0.370 e. The number of hydrogen-bond donors (Lipinski definition) is 1. The predicted octanol–water partition coefficient (Wildman–Crippen LogP) is 3.66. The van der Waals surface area contributed by atoms with Gasteiger partial charge in [-0.1, -0.05) is 11.6 Å². The standard InChI is InChI=1S/C16H19ClN4S.HI/c17-14-1-3-15(4-2-14)20-6-8-21(9-7-20)16(18)19-11-13-5-10-22-12-13;/h1-5,10,12H,6-9,11H2,(H2,18,19);1H. The molecule has 0 aliphatic carbocycles. The predicted molar refractivity (Wildman–Crippen MR) is 110 cm³/mol. The minimum absolute atomic E-state index is 0. The zero-order valence-corrected chi connectivity index (χ0v) is 16.6. The molecule has 0 bridgehead atoms. The van der Waals surface area contributed by atoms with E-state index >= 15 is 0 Å². The van der Waals surface area contributed by atoms with Crippen molar-refractivity contribution in [1.82, 2.24) is 4.90 Å². The summed E-state index contributed by atoms with van der Waals surface area (Å²) in [5.41, 5.74) is 8.53. The van der Waals surface area contributed by atoms with E-state index in [4.69, 9.17) is 17.3 Å². The first-order chi connectivity index (χ1) is 10.7. The quantitative estimate of drug-likeness (QED) is 0.430. The first-order valence-electron chi connectivity index (χ1n) is 7.29. The lowest BCUT2D eigenvalue weighted by molar-refractivity contribution is 0.380. The first kappa shape index (κ1) is 18.4. The lowest BCUT2D eigenvalue weighted by Gasteiger charge is -2.36. The van der Waals surface area contributed by atoms with Crippen LogP contribution in [0.15, 0.2) is 46.1 Å². The SMILES string of the molecule is I.NC(=NCc1ccsc1)N1CCN(c2ccc(Cl)cc2)CC1. The number of nitrogens with zero attached hydrogens (tertiary/aromatic N) is 3. The highest BCUT2D eigenvalue weighted by Crippen LogP contribution is 2.19. The molecule has 2 N–H and O–H groups in total. The van der Waals surface area contributed by atoms with Gasteiger partial charge in [-0.25, -0.2) is 4.99 Å². The number of piperazine rings is 1. The van der Waals surface area contributed by atoms with Crippen molar-refractivity contribution in [2.75, 3.05) is 31.1 Å². The topological polar surface area (TPSA) is 44.9 Å². The lowest BCUT2D eigenvalue weighted by atomic mass is 10.2. The maximum absolute atomic E-state index is 6.11. The van der Waals surface area contributed by atoms with Crippen LogP contribution in [0, 0.1) is 0 Å². The zero-order valence-electron chi connectivity index (χ0n) is 12.7. The van der Waals surface area contributed by atoms with Gasteiger partial charge in [0.1, 0.15) is 0 Å². The third-order valence-corrected chi connectivity index (χ3v) is 4.78. The average molecular weight is 463 g/mol. The smallest absolute Gasteiger partial charge is 0.191 e. The molecule has 1 fully saturated rings. The van der Waals surface area contributed by atoms with E-state index in [0.29, 0.717) is 12.5 Å². The molecule has 1 aromatic heterocycles. The summed E-state index contributed by atoms with van der Waals surface area (Å²) in [6.45, 7) is 4.32. The molecule has 0 atom stereocenters. The third kappa shape index (κ3) is 4.99. The van der Waals surface area contributed by atoms with Crippen molar-refractivity contribution in [3.05, 3.63) is 51.7 Å². The molecule has 0 spiro atoms. The molecule has 0 unspecified atom stereocenters. The molecular formula is C16H20ClIN4S. The number of nitrogens with two attached hydrogens (primary N) is 1. The van der Waals surface area contributed by atoms with Gasteiger partial charge in [0.2, 0.25) is 0 Å². The number of benzene rings is 1. The van der Waals surface area contributed by atoms with Gasteiger partial charge in [0.15, 0.2) is 5.96 Å². The Kier molecular flexibility index (Phi) is 6.98. The molecule has 1 saturated heterocycles. The molecule has 1 aliphatic rings. The van der Waals surface area contributed by atoms with Crippen LogP contribution in [0.5, 0.6) is 0 Å². The number of anilines is 1. The van der Waals surface area contributed by atoms with Crippen LogP contribution in [0.3, 0.4) is 0 Å². The highest BCUT2D eigenvalue weighted by molar-refractivity contribution is 14.0. The second-order valence-electron chi connectivity index (χ2n) is 5.26. The molecule has 1 aliphatic heterocycles. The van der Waals surface area contributed by atoms with Crippen molar-refractivity contribution in [3.63, 3.8) is 0 Å². The number of thiophene rings is 1. The van der Waals surface area contributed by atoms with Gasteiger partial charge in [-0.2, -0.15) is 11.3 Å². The Bertz CT molecular complexity index is 622. The van der Waals surface area contributed by atoms with E-state index in [1.54, 1.807) is 11.3 Å². The number of hydrogen-bond acceptors (Lipinski definition) is 3. The molecule has 3 rings (SSSR count). The van der Waals surface area contributed by atoms with Crippen LogP contribution in [0.25, 0.3) is 0 Å². The van der Waals surface area contributed by atoms with Crippen LogP contribution in [-0.4, -0.2) is 37.0 Å². The van der Waals surface area contributed by atoms with E-state index in [-0.39, 0.29) is 24.0 Å². The highest BCUT2D eigenvalue weighted by Gasteiger charge is 2.18. The van der Waals surface area contributed by atoms with Gasteiger partial charge in [-0.05, 0) is 46.7 Å². The molecule has 4 nitrogen and oxygen atoms in total. The molecule has 0 saturated carbocycles. The van der Waals surface area contributed by atoms with Crippen LogP contribution in [0.1, 0.15) is 5.56 Å². The Balaban J connectivity index is 0.00000192. The number of aliphatic imine (C=N–C) groups is 1. The Morgan fingerprint density at radius 2 is 1.83 bits per heavy atom. The Morgan fingerprint density at radius 3 is 2.43 bits per heavy atom. The maximum atomic E-state index is 6.11. The Hall–Kier alpha value is -0.990. The van der Waals surface area contributed by atoms with Crippen molar-refractivity contribution < 1.29 is 0 Å². The fourth-order valence-corrected chi connectivity index (χ4v) is 3.29. The van der Waals surface area contributed by atoms with Gasteiger partial charge in [-0.3, -0.25) is 0 Å². The summed E-state index contributed by atoms with van der Waals surface area (Å²) in [5, 5.41) is 4.94.